The third kappa shape index (κ3) is 3.57. The Balaban J connectivity index is 1.48. The first-order chi connectivity index (χ1) is 10.4. The van der Waals surface area contributed by atoms with Crippen molar-refractivity contribution in [2.75, 3.05) is 19.7 Å². The van der Waals surface area contributed by atoms with Gasteiger partial charge in [0, 0.05) is 12.6 Å². The van der Waals surface area contributed by atoms with E-state index in [1.54, 1.807) is 0 Å². The van der Waals surface area contributed by atoms with Gasteiger partial charge in [-0.1, -0.05) is 12.8 Å². The smallest absolute Gasteiger partial charge is 0.119 e. The van der Waals surface area contributed by atoms with Crippen molar-refractivity contribution < 1.29 is 4.74 Å². The van der Waals surface area contributed by atoms with Crippen LogP contribution in [0.15, 0.2) is 24.3 Å². The molecule has 2 fully saturated rings. The van der Waals surface area contributed by atoms with Gasteiger partial charge in [-0.3, -0.25) is 4.90 Å². The summed E-state index contributed by atoms with van der Waals surface area (Å²) in [7, 11) is 0. The van der Waals surface area contributed by atoms with Crippen LogP contribution in [0, 0.1) is 17.2 Å². The monoisotopic (exact) mass is 284 g/mol. The van der Waals surface area contributed by atoms with E-state index in [1.165, 1.54) is 45.1 Å². The average molecular weight is 284 g/mol. The van der Waals surface area contributed by atoms with Gasteiger partial charge in [-0.15, -0.1) is 0 Å². The summed E-state index contributed by atoms with van der Waals surface area (Å²) < 4.78 is 5.84. The largest absolute Gasteiger partial charge is 0.492 e. The minimum absolute atomic E-state index is 0.684. The lowest BCUT2D eigenvalue weighted by atomic mass is 9.78. The number of hydrogen-bond acceptors (Lipinski definition) is 3. The first kappa shape index (κ1) is 14.4. The van der Waals surface area contributed by atoms with Crippen LogP contribution >= 0.6 is 0 Å². The molecule has 1 heterocycles. The summed E-state index contributed by atoms with van der Waals surface area (Å²) in [5.74, 6) is 1.80. The Labute approximate surface area is 127 Å². The van der Waals surface area contributed by atoms with E-state index < -0.39 is 0 Å². The molecule has 1 aromatic carbocycles. The summed E-state index contributed by atoms with van der Waals surface area (Å²) in [5.41, 5.74) is 0.684. The zero-order chi connectivity index (χ0) is 14.5. The van der Waals surface area contributed by atoms with Crippen LogP contribution in [0.3, 0.4) is 0 Å². The van der Waals surface area contributed by atoms with Gasteiger partial charge in [0.15, 0.2) is 0 Å². The van der Waals surface area contributed by atoms with Crippen LogP contribution in [0.25, 0.3) is 0 Å². The number of fused-ring (bicyclic) bond motifs is 1. The normalized spacial score (nSPS) is 25.9. The maximum absolute atomic E-state index is 8.79. The number of nitriles is 1. The second-order valence-corrected chi connectivity index (χ2v) is 6.27. The number of likely N-dealkylation sites (tertiary alicyclic amines) is 1. The lowest BCUT2D eigenvalue weighted by Crippen LogP contribution is -2.48. The molecule has 0 aromatic heterocycles. The van der Waals surface area contributed by atoms with E-state index in [0.717, 1.165) is 30.9 Å². The van der Waals surface area contributed by atoms with Gasteiger partial charge in [-0.05, 0) is 62.4 Å². The van der Waals surface area contributed by atoms with E-state index in [0.29, 0.717) is 5.56 Å². The molecule has 1 aromatic rings. The summed E-state index contributed by atoms with van der Waals surface area (Å²) >= 11 is 0. The SMILES string of the molecule is N#Cc1ccc(OCCN2CCC[C@H]3CCCC[C@H]32)cc1. The highest BCUT2D eigenvalue weighted by atomic mass is 16.5. The van der Waals surface area contributed by atoms with E-state index in [-0.39, 0.29) is 0 Å². The highest BCUT2D eigenvalue weighted by Gasteiger charge is 2.32. The van der Waals surface area contributed by atoms with Crippen molar-refractivity contribution in [1.82, 2.24) is 4.90 Å². The maximum atomic E-state index is 8.79. The highest BCUT2D eigenvalue weighted by molar-refractivity contribution is 5.34. The van der Waals surface area contributed by atoms with E-state index in [2.05, 4.69) is 11.0 Å². The molecule has 1 saturated carbocycles. The number of piperidine rings is 1. The molecule has 3 nitrogen and oxygen atoms in total. The Kier molecular flexibility index (Phi) is 4.77. The van der Waals surface area contributed by atoms with E-state index in [9.17, 15) is 0 Å². The topological polar surface area (TPSA) is 36.3 Å². The number of hydrogen-bond donors (Lipinski definition) is 0. The standard InChI is InChI=1S/C18H24N2O/c19-14-15-7-9-17(10-8-15)21-13-12-20-11-3-5-16-4-1-2-6-18(16)20/h7-10,16,18H,1-6,11-13H2/t16-,18-/m1/s1. The van der Waals surface area contributed by atoms with Crippen LogP contribution in [-0.2, 0) is 0 Å². The fourth-order valence-electron chi connectivity index (χ4n) is 3.91. The molecule has 1 aliphatic carbocycles. The van der Waals surface area contributed by atoms with Crippen molar-refractivity contribution >= 4 is 0 Å². The first-order valence-corrected chi connectivity index (χ1v) is 8.24. The van der Waals surface area contributed by atoms with Crippen LogP contribution in [0.4, 0.5) is 0 Å². The number of rotatable bonds is 4. The van der Waals surface area contributed by atoms with Crippen molar-refractivity contribution in [2.45, 2.75) is 44.6 Å². The molecule has 2 aliphatic rings. The van der Waals surface area contributed by atoms with Gasteiger partial charge in [-0.25, -0.2) is 0 Å². The van der Waals surface area contributed by atoms with Crippen molar-refractivity contribution in [3.8, 4) is 11.8 Å². The Bertz CT molecular complexity index is 489. The zero-order valence-electron chi connectivity index (χ0n) is 12.6. The number of benzene rings is 1. The zero-order valence-corrected chi connectivity index (χ0v) is 12.6. The summed E-state index contributed by atoms with van der Waals surface area (Å²) in [4.78, 5) is 2.65. The van der Waals surface area contributed by atoms with Gasteiger partial charge in [0.1, 0.15) is 12.4 Å². The van der Waals surface area contributed by atoms with Gasteiger partial charge in [-0.2, -0.15) is 5.26 Å². The fraction of sp³-hybridized carbons (Fsp3) is 0.611. The molecule has 1 aliphatic heterocycles. The van der Waals surface area contributed by atoms with E-state index in [4.69, 9.17) is 10.00 Å². The van der Waals surface area contributed by atoms with Crippen molar-refractivity contribution in [3.63, 3.8) is 0 Å². The van der Waals surface area contributed by atoms with Gasteiger partial charge in [0.2, 0.25) is 0 Å². The molecule has 0 amide bonds. The molecule has 0 unspecified atom stereocenters. The first-order valence-electron chi connectivity index (χ1n) is 8.24. The molecule has 112 valence electrons. The molecular formula is C18H24N2O. The van der Waals surface area contributed by atoms with Crippen molar-refractivity contribution in [2.24, 2.45) is 5.92 Å². The quantitative estimate of drug-likeness (QED) is 0.847. The Morgan fingerprint density at radius 1 is 1.10 bits per heavy atom. The summed E-state index contributed by atoms with van der Waals surface area (Å²) in [6, 6.07) is 10.3. The Hall–Kier alpha value is -1.53. The molecule has 1 saturated heterocycles. The molecule has 0 radical (unpaired) electrons. The van der Waals surface area contributed by atoms with Gasteiger partial charge >= 0.3 is 0 Å². The molecule has 3 heteroatoms. The predicted molar refractivity (Wildman–Crippen MR) is 83.2 cm³/mol. The fourth-order valence-corrected chi connectivity index (χ4v) is 3.91. The second-order valence-electron chi connectivity index (χ2n) is 6.27. The summed E-state index contributed by atoms with van der Waals surface area (Å²) in [6.45, 7) is 3.01. The molecule has 0 N–H and O–H groups in total. The Morgan fingerprint density at radius 2 is 1.86 bits per heavy atom. The predicted octanol–water partition coefficient (Wildman–Crippen LogP) is 3.59. The average Bonchev–Trinajstić information content (AvgIpc) is 2.56. The molecule has 2 atom stereocenters. The number of nitrogens with zero attached hydrogens (tertiary/aromatic N) is 2. The van der Waals surface area contributed by atoms with Crippen LogP contribution < -0.4 is 4.74 Å². The Morgan fingerprint density at radius 3 is 2.67 bits per heavy atom. The van der Waals surface area contributed by atoms with Gasteiger partial charge < -0.3 is 4.74 Å². The lowest BCUT2D eigenvalue weighted by Gasteiger charge is -2.44. The number of ether oxygens (including phenoxy) is 1. The highest BCUT2D eigenvalue weighted by Crippen LogP contribution is 2.34. The van der Waals surface area contributed by atoms with Crippen molar-refractivity contribution in [1.29, 1.82) is 5.26 Å². The third-order valence-corrected chi connectivity index (χ3v) is 4.99. The molecule has 0 bridgehead atoms. The van der Waals surface area contributed by atoms with Crippen LogP contribution in [0.1, 0.15) is 44.1 Å². The lowest BCUT2D eigenvalue weighted by molar-refractivity contribution is 0.0501. The molecule has 0 spiro atoms. The second kappa shape index (κ2) is 6.95. The molecule has 21 heavy (non-hydrogen) atoms. The summed E-state index contributed by atoms with van der Waals surface area (Å²) in [6.07, 6.45) is 8.40. The van der Waals surface area contributed by atoms with Gasteiger partial charge in [0.05, 0.1) is 11.6 Å². The minimum Gasteiger partial charge on any atom is -0.492 e. The molecular weight excluding hydrogens is 260 g/mol. The summed E-state index contributed by atoms with van der Waals surface area (Å²) in [5, 5.41) is 8.79. The maximum Gasteiger partial charge on any atom is 0.119 e. The molecule has 3 rings (SSSR count). The van der Waals surface area contributed by atoms with E-state index >= 15 is 0 Å². The minimum atomic E-state index is 0.684. The third-order valence-electron chi connectivity index (χ3n) is 4.99. The van der Waals surface area contributed by atoms with Gasteiger partial charge in [0.25, 0.3) is 0 Å². The van der Waals surface area contributed by atoms with Crippen LogP contribution in [0.2, 0.25) is 0 Å². The van der Waals surface area contributed by atoms with Crippen LogP contribution in [-0.4, -0.2) is 30.6 Å². The van der Waals surface area contributed by atoms with Crippen molar-refractivity contribution in [3.05, 3.63) is 29.8 Å². The van der Waals surface area contributed by atoms with E-state index in [1.807, 2.05) is 24.3 Å². The van der Waals surface area contributed by atoms with Crippen LogP contribution in [0.5, 0.6) is 5.75 Å².